The summed E-state index contributed by atoms with van der Waals surface area (Å²) in [5.74, 6) is 0.241. The van der Waals surface area contributed by atoms with Crippen molar-refractivity contribution in [2.75, 3.05) is 11.4 Å². The summed E-state index contributed by atoms with van der Waals surface area (Å²) in [5.41, 5.74) is 7.29. The number of hydrogen-bond donors (Lipinski definition) is 2. The standard InChI is InChI=1S/C14H18FN5/c1-4-20(11-8-6-5-7-10(11)15)14-12(13(16)17)9(2)18-19(14)3/h5-8H,4H2,1-3H3,(H3,16,17). The molecule has 0 unspecified atom stereocenters. The molecular weight excluding hydrogens is 257 g/mol. The minimum Gasteiger partial charge on any atom is -0.384 e. The Balaban J connectivity index is 2.65. The number of para-hydroxylation sites is 1. The molecule has 0 bridgehead atoms. The van der Waals surface area contributed by atoms with Crippen molar-refractivity contribution in [3.63, 3.8) is 0 Å². The minimum absolute atomic E-state index is 0.0691. The van der Waals surface area contributed by atoms with E-state index < -0.39 is 0 Å². The van der Waals surface area contributed by atoms with E-state index >= 15 is 0 Å². The molecule has 0 spiro atoms. The Bertz CT molecular complexity index is 647. The number of amidine groups is 1. The normalized spacial score (nSPS) is 10.6. The van der Waals surface area contributed by atoms with E-state index in [9.17, 15) is 4.39 Å². The molecule has 0 aliphatic rings. The van der Waals surface area contributed by atoms with E-state index in [1.807, 2.05) is 6.92 Å². The molecule has 0 aliphatic carbocycles. The third-order valence-corrected chi connectivity index (χ3v) is 3.18. The lowest BCUT2D eigenvalue weighted by Crippen LogP contribution is -2.24. The van der Waals surface area contributed by atoms with Crippen molar-refractivity contribution in [2.24, 2.45) is 12.8 Å². The van der Waals surface area contributed by atoms with Gasteiger partial charge in [-0.2, -0.15) is 5.10 Å². The zero-order valence-electron chi connectivity index (χ0n) is 11.8. The molecule has 1 aromatic heterocycles. The molecule has 3 N–H and O–H groups in total. The van der Waals surface area contributed by atoms with Gasteiger partial charge in [0, 0.05) is 13.6 Å². The Morgan fingerprint density at radius 3 is 2.65 bits per heavy atom. The van der Waals surface area contributed by atoms with Crippen LogP contribution >= 0.6 is 0 Å². The van der Waals surface area contributed by atoms with Crippen molar-refractivity contribution in [1.29, 1.82) is 5.41 Å². The molecule has 0 saturated heterocycles. The van der Waals surface area contributed by atoms with Gasteiger partial charge in [0.05, 0.1) is 16.9 Å². The van der Waals surface area contributed by atoms with Gasteiger partial charge < -0.3 is 10.6 Å². The second-order valence-corrected chi connectivity index (χ2v) is 4.52. The summed E-state index contributed by atoms with van der Waals surface area (Å²) in [7, 11) is 1.76. The minimum atomic E-state index is -0.317. The summed E-state index contributed by atoms with van der Waals surface area (Å²) in [5, 5.41) is 12.0. The summed E-state index contributed by atoms with van der Waals surface area (Å²) in [4.78, 5) is 1.77. The van der Waals surface area contributed by atoms with Gasteiger partial charge >= 0.3 is 0 Å². The van der Waals surface area contributed by atoms with Crippen LogP contribution in [-0.4, -0.2) is 22.2 Å². The zero-order valence-corrected chi connectivity index (χ0v) is 11.8. The molecule has 0 saturated carbocycles. The SMILES string of the molecule is CCN(c1ccccc1F)c1c(C(=N)N)c(C)nn1C. The van der Waals surface area contributed by atoms with Gasteiger partial charge in [-0.3, -0.25) is 10.1 Å². The summed E-state index contributed by atoms with van der Waals surface area (Å²) in [6.45, 7) is 4.24. The predicted octanol–water partition coefficient (Wildman–Crippen LogP) is 2.31. The molecular formula is C14H18FN5. The average Bonchev–Trinajstić information content (AvgIpc) is 2.68. The van der Waals surface area contributed by atoms with Crippen LogP contribution in [0, 0.1) is 18.2 Å². The number of aryl methyl sites for hydroxylation is 2. The maximum atomic E-state index is 14.0. The maximum Gasteiger partial charge on any atom is 0.146 e. The Hall–Kier alpha value is -2.37. The Labute approximate surface area is 117 Å². The first-order valence-electron chi connectivity index (χ1n) is 6.37. The van der Waals surface area contributed by atoms with Crippen LogP contribution in [0.5, 0.6) is 0 Å². The van der Waals surface area contributed by atoms with Crippen LogP contribution in [0.25, 0.3) is 0 Å². The lowest BCUT2D eigenvalue weighted by Gasteiger charge is -2.24. The van der Waals surface area contributed by atoms with Gasteiger partial charge in [0.15, 0.2) is 0 Å². The number of nitrogen functional groups attached to an aromatic ring is 1. The third-order valence-electron chi connectivity index (χ3n) is 3.18. The van der Waals surface area contributed by atoms with E-state index in [1.165, 1.54) is 6.07 Å². The molecule has 1 aromatic carbocycles. The van der Waals surface area contributed by atoms with E-state index in [4.69, 9.17) is 11.1 Å². The molecule has 0 fully saturated rings. The van der Waals surface area contributed by atoms with Crippen LogP contribution in [-0.2, 0) is 7.05 Å². The monoisotopic (exact) mass is 275 g/mol. The highest BCUT2D eigenvalue weighted by molar-refractivity contribution is 6.01. The molecule has 5 nitrogen and oxygen atoms in total. The lowest BCUT2D eigenvalue weighted by atomic mass is 10.2. The molecule has 2 aromatic rings. The molecule has 0 radical (unpaired) electrons. The molecule has 0 atom stereocenters. The summed E-state index contributed by atoms with van der Waals surface area (Å²) < 4.78 is 15.7. The van der Waals surface area contributed by atoms with Crippen molar-refractivity contribution < 1.29 is 4.39 Å². The number of hydrogen-bond acceptors (Lipinski definition) is 3. The van der Waals surface area contributed by atoms with Crippen LogP contribution in [0.2, 0.25) is 0 Å². The van der Waals surface area contributed by atoms with E-state index in [-0.39, 0.29) is 11.7 Å². The number of anilines is 2. The highest BCUT2D eigenvalue weighted by Crippen LogP contribution is 2.31. The topological polar surface area (TPSA) is 70.9 Å². The van der Waals surface area contributed by atoms with Gasteiger partial charge in [-0.1, -0.05) is 12.1 Å². The molecule has 106 valence electrons. The lowest BCUT2D eigenvalue weighted by molar-refractivity contribution is 0.623. The Kier molecular flexibility index (Phi) is 3.74. The van der Waals surface area contributed by atoms with Crippen molar-refractivity contribution in [1.82, 2.24) is 9.78 Å². The highest BCUT2D eigenvalue weighted by atomic mass is 19.1. The predicted molar refractivity (Wildman–Crippen MR) is 78.0 cm³/mol. The average molecular weight is 275 g/mol. The van der Waals surface area contributed by atoms with Gasteiger partial charge in [-0.15, -0.1) is 0 Å². The Morgan fingerprint density at radius 2 is 2.10 bits per heavy atom. The number of nitrogens with two attached hydrogens (primary N) is 1. The molecule has 0 aliphatic heterocycles. The van der Waals surface area contributed by atoms with Crippen molar-refractivity contribution >= 4 is 17.3 Å². The second kappa shape index (κ2) is 5.32. The fraction of sp³-hybridized carbons (Fsp3) is 0.286. The van der Waals surface area contributed by atoms with Gasteiger partial charge in [-0.25, -0.2) is 4.39 Å². The van der Waals surface area contributed by atoms with Gasteiger partial charge in [0.1, 0.15) is 17.5 Å². The molecule has 1 heterocycles. The third kappa shape index (κ3) is 2.24. The van der Waals surface area contributed by atoms with Gasteiger partial charge in [0.2, 0.25) is 0 Å². The second-order valence-electron chi connectivity index (χ2n) is 4.52. The quantitative estimate of drug-likeness (QED) is 0.664. The molecule has 6 heteroatoms. The zero-order chi connectivity index (χ0) is 14.9. The number of aromatic nitrogens is 2. The summed E-state index contributed by atoms with van der Waals surface area (Å²) in [6.07, 6.45) is 0. The number of nitrogens with zero attached hydrogens (tertiary/aromatic N) is 3. The largest absolute Gasteiger partial charge is 0.384 e. The van der Waals surface area contributed by atoms with E-state index in [0.717, 1.165) is 0 Å². The van der Waals surface area contributed by atoms with Gasteiger partial charge in [-0.05, 0) is 26.0 Å². The highest BCUT2D eigenvalue weighted by Gasteiger charge is 2.23. The Morgan fingerprint density at radius 1 is 1.45 bits per heavy atom. The smallest absolute Gasteiger partial charge is 0.146 e. The molecule has 20 heavy (non-hydrogen) atoms. The van der Waals surface area contributed by atoms with Crippen LogP contribution in [0.1, 0.15) is 18.2 Å². The first kappa shape index (κ1) is 14.0. The van der Waals surface area contributed by atoms with Crippen molar-refractivity contribution in [3.05, 3.63) is 41.3 Å². The summed E-state index contributed by atoms with van der Waals surface area (Å²) in [6, 6.07) is 6.53. The summed E-state index contributed by atoms with van der Waals surface area (Å²) >= 11 is 0. The van der Waals surface area contributed by atoms with Crippen molar-refractivity contribution in [2.45, 2.75) is 13.8 Å². The van der Waals surface area contributed by atoms with Gasteiger partial charge in [0.25, 0.3) is 0 Å². The number of nitrogens with one attached hydrogen (secondary N) is 1. The van der Waals surface area contributed by atoms with E-state index in [2.05, 4.69) is 5.10 Å². The fourth-order valence-corrected chi connectivity index (χ4v) is 2.38. The molecule has 2 rings (SSSR count). The van der Waals surface area contributed by atoms with E-state index in [1.54, 1.807) is 41.8 Å². The van der Waals surface area contributed by atoms with E-state index in [0.29, 0.717) is 29.3 Å². The van der Waals surface area contributed by atoms with Crippen LogP contribution < -0.4 is 10.6 Å². The fourth-order valence-electron chi connectivity index (χ4n) is 2.38. The number of benzene rings is 1. The van der Waals surface area contributed by atoms with Crippen molar-refractivity contribution in [3.8, 4) is 0 Å². The first-order valence-corrected chi connectivity index (χ1v) is 6.37. The van der Waals surface area contributed by atoms with Crippen LogP contribution in [0.3, 0.4) is 0 Å². The number of rotatable bonds is 4. The van der Waals surface area contributed by atoms with Crippen LogP contribution in [0.15, 0.2) is 24.3 Å². The first-order chi connectivity index (χ1) is 9.47. The maximum absolute atomic E-state index is 14.0. The number of halogens is 1. The van der Waals surface area contributed by atoms with Crippen LogP contribution in [0.4, 0.5) is 15.9 Å². The molecule has 0 amide bonds.